The largest absolute Gasteiger partial charge is 0.493 e. The van der Waals surface area contributed by atoms with Crippen molar-refractivity contribution in [2.75, 3.05) is 26.4 Å². The van der Waals surface area contributed by atoms with Gasteiger partial charge in [-0.3, -0.25) is 0 Å². The Morgan fingerprint density at radius 2 is 1.50 bits per heavy atom. The molecular formula is C18H34O4. The average molecular weight is 314 g/mol. The van der Waals surface area contributed by atoms with E-state index in [0.29, 0.717) is 6.61 Å². The molecule has 4 heteroatoms. The zero-order valence-electron chi connectivity index (χ0n) is 14.6. The minimum Gasteiger partial charge on any atom is -0.493 e. The van der Waals surface area contributed by atoms with Crippen LogP contribution in [-0.2, 0) is 18.9 Å². The Balaban J connectivity index is 2.49. The first-order valence-electron chi connectivity index (χ1n) is 8.96. The van der Waals surface area contributed by atoms with Crippen LogP contribution < -0.4 is 0 Å². The molecule has 0 radical (unpaired) electrons. The number of ether oxygens (including phenoxy) is 4. The lowest BCUT2D eigenvalue weighted by molar-refractivity contribution is -0.138. The third-order valence-electron chi connectivity index (χ3n) is 3.75. The molecule has 0 amide bonds. The fraction of sp³-hybridized carbons (Fsp3) is 0.889. The molecule has 0 fully saturated rings. The van der Waals surface area contributed by atoms with Gasteiger partial charge >= 0.3 is 0 Å². The fourth-order valence-corrected chi connectivity index (χ4v) is 2.28. The summed E-state index contributed by atoms with van der Waals surface area (Å²) in [7, 11) is 0. The lowest BCUT2D eigenvalue weighted by Gasteiger charge is -2.34. The van der Waals surface area contributed by atoms with Crippen molar-refractivity contribution in [3.8, 4) is 0 Å². The Kier molecular flexibility index (Phi) is 11.4. The molecule has 22 heavy (non-hydrogen) atoms. The van der Waals surface area contributed by atoms with Crippen molar-refractivity contribution in [3.05, 3.63) is 12.3 Å². The van der Waals surface area contributed by atoms with Crippen LogP contribution in [0.15, 0.2) is 12.3 Å². The molecule has 0 saturated heterocycles. The Hall–Kier alpha value is -0.580. The monoisotopic (exact) mass is 314 g/mol. The van der Waals surface area contributed by atoms with Gasteiger partial charge in [0.25, 0.3) is 0 Å². The molecule has 1 aliphatic rings. The number of hydrogen-bond donors (Lipinski definition) is 0. The van der Waals surface area contributed by atoms with Crippen LogP contribution >= 0.6 is 0 Å². The maximum absolute atomic E-state index is 6.06. The van der Waals surface area contributed by atoms with Crippen molar-refractivity contribution in [1.82, 2.24) is 0 Å². The van der Waals surface area contributed by atoms with Crippen LogP contribution in [0.3, 0.4) is 0 Å². The number of rotatable bonds is 13. The molecule has 0 saturated carbocycles. The van der Waals surface area contributed by atoms with E-state index >= 15 is 0 Å². The molecule has 0 aromatic rings. The van der Waals surface area contributed by atoms with Gasteiger partial charge in [-0.25, -0.2) is 0 Å². The first kappa shape index (κ1) is 19.5. The zero-order chi connectivity index (χ0) is 16.0. The molecule has 1 rings (SSSR count). The molecule has 0 spiro atoms. The fourth-order valence-electron chi connectivity index (χ4n) is 2.28. The number of unbranched alkanes of at least 4 members (excludes halogenated alkanes) is 3. The van der Waals surface area contributed by atoms with Gasteiger partial charge in [0.2, 0.25) is 0 Å². The van der Waals surface area contributed by atoms with Gasteiger partial charge in [0.15, 0.2) is 0 Å². The molecule has 0 aromatic heterocycles. The molecule has 1 heterocycles. The summed E-state index contributed by atoms with van der Waals surface area (Å²) in [6, 6.07) is 0. The van der Waals surface area contributed by atoms with E-state index in [2.05, 4.69) is 20.8 Å². The quantitative estimate of drug-likeness (QED) is 0.480. The second-order valence-corrected chi connectivity index (χ2v) is 5.81. The van der Waals surface area contributed by atoms with Crippen LogP contribution in [0.1, 0.15) is 59.3 Å². The van der Waals surface area contributed by atoms with E-state index in [-0.39, 0.29) is 18.3 Å². The Morgan fingerprint density at radius 1 is 0.864 bits per heavy atom. The third kappa shape index (κ3) is 7.61. The molecule has 130 valence electrons. The summed E-state index contributed by atoms with van der Waals surface area (Å²) in [5, 5.41) is 0. The SMILES string of the molecule is CCCCOCC1OC=C[C@@H](OCCCC)[C@@H]1OCCCC. The van der Waals surface area contributed by atoms with Gasteiger partial charge in [-0.1, -0.05) is 40.0 Å². The van der Waals surface area contributed by atoms with Crippen molar-refractivity contribution in [2.24, 2.45) is 0 Å². The second-order valence-electron chi connectivity index (χ2n) is 5.81. The zero-order valence-corrected chi connectivity index (χ0v) is 14.6. The highest BCUT2D eigenvalue weighted by Crippen LogP contribution is 2.20. The Labute approximate surface area is 136 Å². The van der Waals surface area contributed by atoms with Gasteiger partial charge in [-0.05, 0) is 25.3 Å². The van der Waals surface area contributed by atoms with Gasteiger partial charge in [0, 0.05) is 19.8 Å². The van der Waals surface area contributed by atoms with E-state index < -0.39 is 0 Å². The summed E-state index contributed by atoms with van der Waals surface area (Å²) in [5.74, 6) is 0. The van der Waals surface area contributed by atoms with Gasteiger partial charge in [0.1, 0.15) is 18.3 Å². The maximum atomic E-state index is 6.06. The summed E-state index contributed by atoms with van der Waals surface area (Å²) in [6.07, 6.45) is 10.2. The summed E-state index contributed by atoms with van der Waals surface area (Å²) in [6.45, 7) is 9.36. The van der Waals surface area contributed by atoms with E-state index in [1.807, 2.05) is 6.08 Å². The summed E-state index contributed by atoms with van der Waals surface area (Å²) >= 11 is 0. The lowest BCUT2D eigenvalue weighted by atomic mass is 10.1. The highest BCUT2D eigenvalue weighted by atomic mass is 16.6. The van der Waals surface area contributed by atoms with Gasteiger partial charge in [0.05, 0.1) is 12.9 Å². The van der Waals surface area contributed by atoms with Crippen molar-refractivity contribution >= 4 is 0 Å². The van der Waals surface area contributed by atoms with Crippen LogP contribution in [-0.4, -0.2) is 44.7 Å². The van der Waals surface area contributed by atoms with Crippen molar-refractivity contribution in [2.45, 2.75) is 77.6 Å². The Bertz CT molecular complexity index is 280. The molecule has 1 aliphatic heterocycles. The summed E-state index contributed by atoms with van der Waals surface area (Å²) in [4.78, 5) is 0. The Morgan fingerprint density at radius 3 is 2.18 bits per heavy atom. The highest BCUT2D eigenvalue weighted by Gasteiger charge is 2.33. The smallest absolute Gasteiger partial charge is 0.150 e. The predicted molar refractivity (Wildman–Crippen MR) is 89.0 cm³/mol. The van der Waals surface area contributed by atoms with E-state index in [0.717, 1.165) is 58.3 Å². The highest BCUT2D eigenvalue weighted by molar-refractivity contribution is 4.99. The van der Waals surface area contributed by atoms with Crippen LogP contribution in [0.5, 0.6) is 0 Å². The normalized spacial score (nSPS) is 24.4. The van der Waals surface area contributed by atoms with Crippen LogP contribution in [0.25, 0.3) is 0 Å². The van der Waals surface area contributed by atoms with E-state index in [4.69, 9.17) is 18.9 Å². The predicted octanol–water partition coefficient (Wildman–Crippen LogP) is 4.09. The van der Waals surface area contributed by atoms with E-state index in [1.165, 1.54) is 0 Å². The molecule has 0 aliphatic carbocycles. The molecule has 4 nitrogen and oxygen atoms in total. The molecule has 0 aromatic carbocycles. The number of hydrogen-bond acceptors (Lipinski definition) is 4. The van der Waals surface area contributed by atoms with Gasteiger partial charge < -0.3 is 18.9 Å². The van der Waals surface area contributed by atoms with E-state index in [9.17, 15) is 0 Å². The standard InChI is InChI=1S/C18H34O4/c1-4-7-11-19-15-17-18(22-13-9-6-3)16(10-14-21-17)20-12-8-5-2/h10,14,16-18H,4-9,11-13,15H2,1-3H3/t16-,17?,18+/m1/s1. The first-order valence-corrected chi connectivity index (χ1v) is 8.96. The minimum atomic E-state index is -0.0784. The summed E-state index contributed by atoms with van der Waals surface area (Å²) < 4.78 is 23.5. The van der Waals surface area contributed by atoms with E-state index in [1.54, 1.807) is 6.26 Å². The minimum absolute atomic E-state index is 0.0306. The van der Waals surface area contributed by atoms with Crippen molar-refractivity contribution in [3.63, 3.8) is 0 Å². The molecule has 0 bridgehead atoms. The third-order valence-corrected chi connectivity index (χ3v) is 3.75. The molecule has 1 unspecified atom stereocenters. The average Bonchev–Trinajstić information content (AvgIpc) is 2.54. The second kappa shape index (κ2) is 12.9. The summed E-state index contributed by atoms with van der Waals surface area (Å²) in [5.41, 5.74) is 0. The van der Waals surface area contributed by atoms with Crippen LogP contribution in [0.4, 0.5) is 0 Å². The molecule has 3 atom stereocenters. The topological polar surface area (TPSA) is 36.9 Å². The van der Waals surface area contributed by atoms with Gasteiger partial charge in [-0.15, -0.1) is 0 Å². The van der Waals surface area contributed by atoms with Crippen molar-refractivity contribution in [1.29, 1.82) is 0 Å². The van der Waals surface area contributed by atoms with Crippen molar-refractivity contribution < 1.29 is 18.9 Å². The first-order chi connectivity index (χ1) is 10.8. The molecular weight excluding hydrogens is 280 g/mol. The lowest BCUT2D eigenvalue weighted by Crippen LogP contribution is -2.46. The van der Waals surface area contributed by atoms with Crippen LogP contribution in [0, 0.1) is 0 Å². The van der Waals surface area contributed by atoms with Gasteiger partial charge in [-0.2, -0.15) is 0 Å². The molecule has 0 N–H and O–H groups in total. The maximum Gasteiger partial charge on any atom is 0.150 e. The van der Waals surface area contributed by atoms with Crippen LogP contribution in [0.2, 0.25) is 0 Å².